The lowest BCUT2D eigenvalue weighted by Crippen LogP contribution is -2.33. The number of benzene rings is 4. The van der Waals surface area contributed by atoms with Crippen molar-refractivity contribution in [1.82, 2.24) is 0 Å². The standard InChI is InChI=1S/C32H34OP/c1-28(24-25-33-27-29-16-6-2-7-17-29)15-14-26-34(30-18-8-3-9-19-30,31-20-10-4-11-21-31)32-22-12-5-13-23-32/h2-13,16-24H,14-15,25-27H2,1H3/q+1/b28-24-. The van der Waals surface area contributed by atoms with Crippen molar-refractivity contribution in [2.75, 3.05) is 12.8 Å². The van der Waals surface area contributed by atoms with Gasteiger partial charge in [0.05, 0.1) is 19.4 Å². The van der Waals surface area contributed by atoms with E-state index in [2.05, 4.69) is 128 Å². The third-order valence-electron chi connectivity index (χ3n) is 6.32. The molecule has 4 rings (SSSR count). The van der Waals surface area contributed by atoms with Gasteiger partial charge in [0.15, 0.2) is 0 Å². The van der Waals surface area contributed by atoms with E-state index in [0.717, 1.165) is 19.0 Å². The van der Waals surface area contributed by atoms with Gasteiger partial charge in [-0.2, -0.15) is 0 Å². The molecular formula is C32H34OP+. The van der Waals surface area contributed by atoms with E-state index >= 15 is 0 Å². The summed E-state index contributed by atoms with van der Waals surface area (Å²) in [6.07, 6.45) is 5.63. The Balaban J connectivity index is 1.50. The van der Waals surface area contributed by atoms with Crippen LogP contribution in [-0.2, 0) is 11.3 Å². The van der Waals surface area contributed by atoms with E-state index in [1.807, 2.05) is 6.07 Å². The minimum Gasteiger partial charge on any atom is -0.373 e. The topological polar surface area (TPSA) is 9.23 Å². The van der Waals surface area contributed by atoms with E-state index < -0.39 is 7.26 Å². The van der Waals surface area contributed by atoms with Crippen molar-refractivity contribution in [3.63, 3.8) is 0 Å². The Hall–Kier alpha value is -2.99. The summed E-state index contributed by atoms with van der Waals surface area (Å²) in [6, 6.07) is 43.8. The van der Waals surface area contributed by atoms with Crippen LogP contribution in [0.5, 0.6) is 0 Å². The fraction of sp³-hybridized carbons (Fsp3) is 0.188. The first-order valence-electron chi connectivity index (χ1n) is 12.1. The van der Waals surface area contributed by atoms with Crippen LogP contribution >= 0.6 is 7.26 Å². The summed E-state index contributed by atoms with van der Waals surface area (Å²) in [4.78, 5) is 0. The monoisotopic (exact) mass is 465 g/mol. The van der Waals surface area contributed by atoms with Crippen LogP contribution in [0, 0.1) is 0 Å². The molecule has 0 aromatic heterocycles. The lowest BCUT2D eigenvalue weighted by Gasteiger charge is -2.27. The molecule has 0 bridgehead atoms. The number of rotatable bonds is 11. The van der Waals surface area contributed by atoms with Crippen LogP contribution in [-0.4, -0.2) is 12.8 Å². The molecule has 0 aliphatic heterocycles. The highest BCUT2D eigenvalue weighted by Gasteiger charge is 2.44. The predicted molar refractivity (Wildman–Crippen MR) is 149 cm³/mol. The molecule has 0 amide bonds. The molecule has 0 spiro atoms. The zero-order valence-electron chi connectivity index (χ0n) is 20.0. The molecular weight excluding hydrogens is 431 g/mol. The Kier molecular flexibility index (Phi) is 8.85. The van der Waals surface area contributed by atoms with Gasteiger partial charge in [-0.05, 0) is 61.7 Å². The average molecular weight is 466 g/mol. The van der Waals surface area contributed by atoms with Crippen LogP contribution in [0.15, 0.2) is 133 Å². The van der Waals surface area contributed by atoms with Crippen LogP contribution in [0.4, 0.5) is 0 Å². The van der Waals surface area contributed by atoms with Gasteiger partial charge < -0.3 is 4.74 Å². The molecule has 1 nitrogen and oxygen atoms in total. The molecule has 2 heteroatoms. The van der Waals surface area contributed by atoms with Crippen molar-refractivity contribution < 1.29 is 4.74 Å². The maximum atomic E-state index is 5.88. The maximum absolute atomic E-state index is 5.88. The number of allylic oxidation sites excluding steroid dienone is 1. The second-order valence-corrected chi connectivity index (χ2v) is 12.3. The highest BCUT2D eigenvalue weighted by molar-refractivity contribution is 7.95. The molecule has 172 valence electrons. The summed E-state index contributed by atoms with van der Waals surface area (Å²) in [5.74, 6) is 0. The lowest BCUT2D eigenvalue weighted by molar-refractivity contribution is 0.148. The van der Waals surface area contributed by atoms with Crippen LogP contribution in [0.25, 0.3) is 0 Å². The Morgan fingerprint density at radius 1 is 0.647 bits per heavy atom. The van der Waals surface area contributed by atoms with Crippen LogP contribution < -0.4 is 15.9 Å². The Bertz CT molecular complexity index is 1040. The summed E-state index contributed by atoms with van der Waals surface area (Å²) >= 11 is 0. The normalized spacial score (nSPS) is 12.0. The highest BCUT2D eigenvalue weighted by Crippen LogP contribution is 2.56. The molecule has 4 aromatic carbocycles. The highest BCUT2D eigenvalue weighted by atomic mass is 31.2. The zero-order chi connectivity index (χ0) is 23.5. The van der Waals surface area contributed by atoms with Gasteiger partial charge in [-0.15, -0.1) is 0 Å². The fourth-order valence-corrected chi connectivity index (χ4v) is 8.88. The largest absolute Gasteiger partial charge is 0.373 e. The first-order chi connectivity index (χ1) is 16.8. The van der Waals surface area contributed by atoms with Gasteiger partial charge in [0.25, 0.3) is 0 Å². The van der Waals surface area contributed by atoms with Crippen molar-refractivity contribution in [1.29, 1.82) is 0 Å². The molecule has 0 saturated heterocycles. The maximum Gasteiger partial charge on any atom is 0.112 e. The minimum absolute atomic E-state index is 0.662. The summed E-state index contributed by atoms with van der Waals surface area (Å²) in [6.45, 7) is 3.56. The summed E-state index contributed by atoms with van der Waals surface area (Å²) in [5, 5.41) is 4.38. The molecule has 4 aromatic rings. The second kappa shape index (κ2) is 12.5. The third kappa shape index (κ3) is 6.11. The molecule has 0 aliphatic carbocycles. The quantitative estimate of drug-likeness (QED) is 0.133. The second-order valence-electron chi connectivity index (χ2n) is 8.69. The van der Waals surface area contributed by atoms with Crippen molar-refractivity contribution >= 4 is 23.2 Å². The van der Waals surface area contributed by atoms with E-state index in [0.29, 0.717) is 13.2 Å². The summed E-state index contributed by atoms with van der Waals surface area (Å²) in [7, 11) is -1.74. The number of ether oxygens (including phenoxy) is 1. The summed E-state index contributed by atoms with van der Waals surface area (Å²) < 4.78 is 5.88. The first-order valence-corrected chi connectivity index (χ1v) is 14.1. The van der Waals surface area contributed by atoms with Crippen LogP contribution in [0.1, 0.15) is 25.3 Å². The van der Waals surface area contributed by atoms with Crippen molar-refractivity contribution in [3.05, 3.63) is 139 Å². The van der Waals surface area contributed by atoms with Crippen molar-refractivity contribution in [3.8, 4) is 0 Å². The number of hydrogen-bond donors (Lipinski definition) is 0. The van der Waals surface area contributed by atoms with Crippen LogP contribution in [0.2, 0.25) is 0 Å². The molecule has 0 aliphatic rings. The van der Waals surface area contributed by atoms with E-state index in [-0.39, 0.29) is 0 Å². The Labute approximate surface area is 205 Å². The lowest BCUT2D eigenvalue weighted by atomic mass is 10.2. The van der Waals surface area contributed by atoms with Gasteiger partial charge in [-0.1, -0.05) is 96.6 Å². The molecule has 0 N–H and O–H groups in total. The SMILES string of the molecule is C/C(=C/COCc1ccccc1)CCC[P+](c1ccccc1)(c1ccccc1)c1ccccc1. The first kappa shape index (κ1) is 24.1. The van der Waals surface area contributed by atoms with E-state index in [1.165, 1.54) is 27.1 Å². The molecule has 0 radical (unpaired) electrons. The van der Waals surface area contributed by atoms with E-state index in [4.69, 9.17) is 4.74 Å². The zero-order valence-corrected chi connectivity index (χ0v) is 20.9. The summed E-state index contributed by atoms with van der Waals surface area (Å²) in [5.41, 5.74) is 2.62. The van der Waals surface area contributed by atoms with E-state index in [9.17, 15) is 0 Å². The van der Waals surface area contributed by atoms with Crippen molar-refractivity contribution in [2.24, 2.45) is 0 Å². The average Bonchev–Trinajstić information content (AvgIpc) is 2.91. The van der Waals surface area contributed by atoms with Gasteiger partial charge >= 0.3 is 0 Å². The minimum atomic E-state index is -1.74. The number of hydrogen-bond acceptors (Lipinski definition) is 1. The molecule has 0 saturated carbocycles. The van der Waals surface area contributed by atoms with Gasteiger partial charge in [-0.3, -0.25) is 0 Å². The smallest absolute Gasteiger partial charge is 0.112 e. The Morgan fingerprint density at radius 3 is 1.56 bits per heavy atom. The van der Waals surface area contributed by atoms with Gasteiger partial charge in [0, 0.05) is 0 Å². The molecule has 0 fully saturated rings. The molecule has 0 atom stereocenters. The van der Waals surface area contributed by atoms with Gasteiger partial charge in [-0.25, -0.2) is 0 Å². The third-order valence-corrected chi connectivity index (χ3v) is 10.8. The molecule has 0 heterocycles. The van der Waals surface area contributed by atoms with Crippen molar-refractivity contribution in [2.45, 2.75) is 26.4 Å². The Morgan fingerprint density at radius 2 is 1.09 bits per heavy atom. The predicted octanol–water partition coefficient (Wildman–Crippen LogP) is 6.92. The fourth-order valence-electron chi connectivity index (χ4n) is 4.53. The van der Waals surface area contributed by atoms with E-state index in [1.54, 1.807) is 0 Å². The van der Waals surface area contributed by atoms with Gasteiger partial charge in [0.1, 0.15) is 23.2 Å². The van der Waals surface area contributed by atoms with Gasteiger partial charge in [0.2, 0.25) is 0 Å². The molecule has 0 unspecified atom stereocenters. The molecule has 34 heavy (non-hydrogen) atoms. The van der Waals surface area contributed by atoms with Crippen LogP contribution in [0.3, 0.4) is 0 Å².